The summed E-state index contributed by atoms with van der Waals surface area (Å²) in [6.07, 6.45) is -0.515. The number of carbonyl (C=O) groups excluding carboxylic acids is 2. The van der Waals surface area contributed by atoms with Gasteiger partial charge in [0, 0.05) is 10.9 Å². The fraction of sp³-hybridized carbons (Fsp3) is 0.192. The van der Waals surface area contributed by atoms with Crippen LogP contribution in [0.2, 0.25) is 10.0 Å². The van der Waals surface area contributed by atoms with Crippen molar-refractivity contribution in [2.75, 3.05) is 11.9 Å². The number of carboxylic acid groups (broad SMARTS) is 1. The van der Waals surface area contributed by atoms with Crippen molar-refractivity contribution >= 4 is 46.9 Å². The highest BCUT2D eigenvalue weighted by molar-refractivity contribution is 6.37. The van der Waals surface area contributed by atoms with Crippen LogP contribution in [0, 0.1) is 0 Å². The minimum absolute atomic E-state index is 0.0285. The molecule has 1 atom stereocenters. The van der Waals surface area contributed by atoms with E-state index < -0.39 is 24.0 Å². The lowest BCUT2D eigenvalue weighted by Gasteiger charge is -2.19. The minimum Gasteiger partial charge on any atom is -0.478 e. The van der Waals surface area contributed by atoms with Crippen LogP contribution in [0.5, 0.6) is 0 Å². The topological polar surface area (TPSA) is 105 Å². The zero-order valence-electron chi connectivity index (χ0n) is 18.7. The second kappa shape index (κ2) is 10.4. The molecule has 0 aromatic heterocycles. The summed E-state index contributed by atoms with van der Waals surface area (Å²) in [6, 6.07) is 17.5. The van der Waals surface area contributed by atoms with Crippen LogP contribution >= 0.6 is 23.2 Å². The van der Waals surface area contributed by atoms with E-state index in [-0.39, 0.29) is 40.2 Å². The monoisotopic (exact) mass is 512 g/mol. The number of hydrogen-bond acceptors (Lipinski definition) is 4. The molecule has 3 N–H and O–H groups in total. The number of halogens is 2. The van der Waals surface area contributed by atoms with Crippen LogP contribution in [0.25, 0.3) is 11.1 Å². The molecule has 0 fully saturated rings. The molecule has 0 radical (unpaired) electrons. The van der Waals surface area contributed by atoms with Gasteiger partial charge in [-0.2, -0.15) is 0 Å². The highest BCUT2D eigenvalue weighted by atomic mass is 35.5. The summed E-state index contributed by atoms with van der Waals surface area (Å²) in [7, 11) is 0. The Morgan fingerprint density at radius 2 is 1.60 bits per heavy atom. The number of carbonyl (C=O) groups is 3. The number of benzene rings is 3. The third-order valence-corrected chi connectivity index (χ3v) is 6.41. The van der Waals surface area contributed by atoms with Crippen LogP contribution in [-0.2, 0) is 9.53 Å². The molecule has 0 spiro atoms. The average molecular weight is 513 g/mol. The molecule has 0 bridgehead atoms. The van der Waals surface area contributed by atoms with E-state index in [1.54, 1.807) is 6.92 Å². The molecule has 35 heavy (non-hydrogen) atoms. The van der Waals surface area contributed by atoms with Crippen molar-refractivity contribution in [3.8, 4) is 11.1 Å². The number of alkyl carbamates (subject to hydrolysis) is 1. The van der Waals surface area contributed by atoms with E-state index in [4.69, 9.17) is 27.9 Å². The summed E-state index contributed by atoms with van der Waals surface area (Å²) < 4.78 is 5.51. The third-order valence-electron chi connectivity index (χ3n) is 5.89. The van der Waals surface area contributed by atoms with Crippen molar-refractivity contribution in [3.05, 3.63) is 87.4 Å². The maximum absolute atomic E-state index is 12.8. The van der Waals surface area contributed by atoms with Gasteiger partial charge >= 0.3 is 12.1 Å². The van der Waals surface area contributed by atoms with Crippen molar-refractivity contribution in [2.24, 2.45) is 0 Å². The van der Waals surface area contributed by atoms with Crippen LogP contribution < -0.4 is 10.6 Å². The van der Waals surface area contributed by atoms with Gasteiger partial charge in [0.25, 0.3) is 0 Å². The summed E-state index contributed by atoms with van der Waals surface area (Å²) in [5.74, 6) is -2.05. The molecule has 3 aromatic rings. The fourth-order valence-electron chi connectivity index (χ4n) is 4.21. The number of carboxylic acids is 1. The van der Waals surface area contributed by atoms with Crippen LogP contribution in [0.1, 0.15) is 40.7 Å². The molecule has 0 heterocycles. The van der Waals surface area contributed by atoms with Gasteiger partial charge in [-0.3, -0.25) is 4.79 Å². The molecule has 4 rings (SSSR count). The molecular formula is C26H22Cl2N2O5. The SMILES string of the molecule is CC[C@@H](NC(=O)OCC1c2ccccc2-c2ccccc21)C(=O)Nc1c(Cl)cc(Cl)cc1C(=O)O. The van der Waals surface area contributed by atoms with Crippen LogP contribution in [0.3, 0.4) is 0 Å². The Hall–Kier alpha value is -3.55. The van der Waals surface area contributed by atoms with Crippen molar-refractivity contribution in [3.63, 3.8) is 0 Å². The van der Waals surface area contributed by atoms with Crippen LogP contribution in [0.4, 0.5) is 10.5 Å². The quantitative estimate of drug-likeness (QED) is 0.362. The van der Waals surface area contributed by atoms with Gasteiger partial charge in [0.2, 0.25) is 5.91 Å². The number of fused-ring (bicyclic) bond motifs is 3. The van der Waals surface area contributed by atoms with E-state index in [2.05, 4.69) is 10.6 Å². The second-order valence-electron chi connectivity index (χ2n) is 8.04. The molecule has 0 aliphatic heterocycles. The molecule has 0 saturated carbocycles. The highest BCUT2D eigenvalue weighted by Gasteiger charge is 2.30. The molecular weight excluding hydrogens is 491 g/mol. The smallest absolute Gasteiger partial charge is 0.407 e. The van der Waals surface area contributed by atoms with Gasteiger partial charge in [-0.1, -0.05) is 78.7 Å². The lowest BCUT2D eigenvalue weighted by molar-refractivity contribution is -0.118. The standard InChI is InChI=1S/C26H22Cl2N2O5/c1-2-22(24(31)30-23-19(25(32)33)11-14(27)12-21(23)28)29-26(34)35-13-20-17-9-5-3-7-15(17)16-8-4-6-10-18(16)20/h3-12,20,22H,2,13H2,1H3,(H,29,34)(H,30,31)(H,32,33)/t22-/m1/s1. The largest absolute Gasteiger partial charge is 0.478 e. The first-order valence-electron chi connectivity index (χ1n) is 10.9. The number of nitrogens with one attached hydrogen (secondary N) is 2. The molecule has 0 saturated heterocycles. The number of rotatable bonds is 7. The van der Waals surface area contributed by atoms with Crippen molar-refractivity contribution in [1.82, 2.24) is 5.32 Å². The lowest BCUT2D eigenvalue weighted by Crippen LogP contribution is -2.44. The highest BCUT2D eigenvalue weighted by Crippen LogP contribution is 2.44. The molecule has 1 aliphatic carbocycles. The summed E-state index contributed by atoms with van der Waals surface area (Å²) in [5, 5.41) is 14.5. The first kappa shape index (κ1) is 24.6. The Kier molecular flexibility index (Phi) is 7.28. The zero-order chi connectivity index (χ0) is 25.1. The second-order valence-corrected chi connectivity index (χ2v) is 8.88. The molecule has 9 heteroatoms. The Bertz CT molecular complexity index is 1270. The maximum Gasteiger partial charge on any atom is 0.407 e. The fourth-order valence-corrected chi connectivity index (χ4v) is 4.76. The van der Waals surface area contributed by atoms with Gasteiger partial charge < -0.3 is 20.5 Å². The summed E-state index contributed by atoms with van der Waals surface area (Å²) >= 11 is 12.0. The molecule has 1 aliphatic rings. The van der Waals surface area contributed by atoms with Gasteiger partial charge in [0.1, 0.15) is 12.6 Å². The first-order valence-corrected chi connectivity index (χ1v) is 11.7. The lowest BCUT2D eigenvalue weighted by atomic mass is 9.98. The van der Waals surface area contributed by atoms with E-state index in [0.717, 1.165) is 22.3 Å². The van der Waals surface area contributed by atoms with Crippen LogP contribution in [0.15, 0.2) is 60.7 Å². The van der Waals surface area contributed by atoms with Gasteiger partial charge in [-0.05, 0) is 40.8 Å². The predicted octanol–water partition coefficient (Wildman–Crippen LogP) is 5.95. The van der Waals surface area contributed by atoms with E-state index in [1.165, 1.54) is 12.1 Å². The maximum atomic E-state index is 12.8. The Balaban J connectivity index is 1.43. The minimum atomic E-state index is -1.30. The summed E-state index contributed by atoms with van der Waals surface area (Å²) in [5.41, 5.74) is 4.01. The number of amides is 2. The summed E-state index contributed by atoms with van der Waals surface area (Å²) in [6.45, 7) is 1.81. The normalized spacial score (nSPS) is 12.9. The van der Waals surface area contributed by atoms with E-state index in [9.17, 15) is 19.5 Å². The Morgan fingerprint density at radius 3 is 2.17 bits per heavy atom. The van der Waals surface area contributed by atoms with E-state index in [0.29, 0.717) is 0 Å². The number of anilines is 1. The number of ether oxygens (including phenoxy) is 1. The van der Waals surface area contributed by atoms with Crippen LogP contribution in [-0.4, -0.2) is 35.7 Å². The van der Waals surface area contributed by atoms with Gasteiger partial charge in [0.15, 0.2) is 0 Å². The Morgan fingerprint density at radius 1 is 1.00 bits per heavy atom. The molecule has 7 nitrogen and oxygen atoms in total. The predicted molar refractivity (Wildman–Crippen MR) is 134 cm³/mol. The summed E-state index contributed by atoms with van der Waals surface area (Å²) in [4.78, 5) is 37.0. The zero-order valence-corrected chi connectivity index (χ0v) is 20.2. The average Bonchev–Trinajstić information content (AvgIpc) is 3.16. The molecule has 2 amide bonds. The van der Waals surface area contributed by atoms with E-state index >= 15 is 0 Å². The number of aromatic carboxylic acids is 1. The molecule has 180 valence electrons. The van der Waals surface area contributed by atoms with Gasteiger partial charge in [0.05, 0.1) is 16.3 Å². The van der Waals surface area contributed by atoms with Gasteiger partial charge in [-0.25, -0.2) is 9.59 Å². The number of hydrogen-bond donors (Lipinski definition) is 3. The van der Waals surface area contributed by atoms with Crippen molar-refractivity contribution < 1.29 is 24.2 Å². The van der Waals surface area contributed by atoms with Gasteiger partial charge in [-0.15, -0.1) is 0 Å². The van der Waals surface area contributed by atoms with Crippen molar-refractivity contribution in [2.45, 2.75) is 25.3 Å². The molecule has 3 aromatic carbocycles. The Labute approximate surface area is 212 Å². The van der Waals surface area contributed by atoms with E-state index in [1.807, 2.05) is 48.5 Å². The first-order chi connectivity index (χ1) is 16.8. The third kappa shape index (κ3) is 5.11. The molecule has 0 unspecified atom stereocenters. The van der Waals surface area contributed by atoms with Crippen molar-refractivity contribution in [1.29, 1.82) is 0 Å².